The third-order valence-electron chi connectivity index (χ3n) is 3.95. The average molecular weight is 314 g/mol. The van der Waals surface area contributed by atoms with Crippen LogP contribution in [0.3, 0.4) is 0 Å². The first-order valence-corrected chi connectivity index (χ1v) is 7.20. The highest BCUT2D eigenvalue weighted by atomic mass is 19.1. The summed E-state index contributed by atoms with van der Waals surface area (Å²) in [6, 6.07) is 6.89. The number of hydrogen-bond donors (Lipinski definition) is 1. The second kappa shape index (κ2) is 4.84. The van der Waals surface area contributed by atoms with E-state index < -0.39 is 23.0 Å². The summed E-state index contributed by atoms with van der Waals surface area (Å²) in [6.45, 7) is 0. The van der Waals surface area contributed by atoms with Crippen molar-refractivity contribution >= 4 is 16.9 Å². The van der Waals surface area contributed by atoms with E-state index in [-0.39, 0.29) is 11.5 Å². The van der Waals surface area contributed by atoms with E-state index in [0.717, 1.165) is 35.2 Å². The largest absolute Gasteiger partial charge is 0.383 e. The van der Waals surface area contributed by atoms with E-state index in [9.17, 15) is 13.6 Å². The Morgan fingerprint density at radius 3 is 2.43 bits per heavy atom. The molecule has 2 heterocycles. The lowest BCUT2D eigenvalue weighted by molar-refractivity contribution is 0.567. The lowest BCUT2D eigenvalue weighted by atomic mass is 10.2. The molecule has 0 bridgehead atoms. The van der Waals surface area contributed by atoms with Crippen LogP contribution in [0, 0.1) is 11.6 Å². The van der Waals surface area contributed by atoms with Gasteiger partial charge in [0.1, 0.15) is 23.1 Å². The van der Waals surface area contributed by atoms with E-state index in [1.807, 2.05) is 6.07 Å². The highest BCUT2D eigenvalue weighted by Crippen LogP contribution is 2.39. The Morgan fingerprint density at radius 1 is 1.09 bits per heavy atom. The van der Waals surface area contributed by atoms with Crippen LogP contribution >= 0.6 is 0 Å². The predicted molar refractivity (Wildman–Crippen MR) is 81.4 cm³/mol. The smallest absolute Gasteiger partial charge is 0.356 e. The van der Waals surface area contributed by atoms with Crippen LogP contribution in [0.2, 0.25) is 0 Å². The Kier molecular flexibility index (Phi) is 2.90. The van der Waals surface area contributed by atoms with E-state index in [1.54, 1.807) is 6.07 Å². The Hall–Kier alpha value is -2.83. The van der Waals surface area contributed by atoms with E-state index >= 15 is 0 Å². The predicted octanol–water partition coefficient (Wildman–Crippen LogP) is 2.52. The van der Waals surface area contributed by atoms with Gasteiger partial charge in [-0.2, -0.15) is 4.98 Å². The molecule has 1 fully saturated rings. The first-order valence-electron chi connectivity index (χ1n) is 7.20. The zero-order chi connectivity index (χ0) is 16.1. The molecule has 2 aromatic heterocycles. The maximum atomic E-state index is 14.1. The molecule has 0 radical (unpaired) electrons. The summed E-state index contributed by atoms with van der Waals surface area (Å²) in [5, 5.41) is 0.386. The summed E-state index contributed by atoms with van der Waals surface area (Å²) >= 11 is 0. The van der Waals surface area contributed by atoms with Crippen LogP contribution in [-0.2, 0) is 0 Å². The topological polar surface area (TPSA) is 73.8 Å². The molecule has 23 heavy (non-hydrogen) atoms. The Morgan fingerprint density at radius 2 is 1.78 bits per heavy atom. The molecule has 0 aliphatic heterocycles. The summed E-state index contributed by atoms with van der Waals surface area (Å²) in [4.78, 5) is 20.3. The molecule has 1 saturated carbocycles. The van der Waals surface area contributed by atoms with Gasteiger partial charge in [0.25, 0.3) is 0 Å². The van der Waals surface area contributed by atoms with Gasteiger partial charge < -0.3 is 5.73 Å². The van der Waals surface area contributed by atoms with E-state index in [4.69, 9.17) is 5.73 Å². The number of para-hydroxylation sites is 1. The summed E-state index contributed by atoms with van der Waals surface area (Å²) in [5.41, 5.74) is 5.32. The van der Waals surface area contributed by atoms with E-state index in [0.29, 0.717) is 11.3 Å². The number of nitrogens with two attached hydrogens (primary N) is 1. The first kappa shape index (κ1) is 13.8. The van der Waals surface area contributed by atoms with Crippen molar-refractivity contribution in [1.29, 1.82) is 0 Å². The number of nitrogen functional groups attached to an aromatic ring is 1. The zero-order valence-corrected chi connectivity index (χ0v) is 12.0. The molecule has 4 rings (SSSR count). The molecule has 0 atom stereocenters. The van der Waals surface area contributed by atoms with Crippen molar-refractivity contribution in [3.8, 4) is 5.69 Å². The molecule has 0 saturated heterocycles. The number of benzene rings is 1. The van der Waals surface area contributed by atoms with Gasteiger partial charge in [0, 0.05) is 11.6 Å². The SMILES string of the molecule is Nc1nc(=O)n(-c2c(F)cccc2F)c2nc(C3CC3)ccc12. The fourth-order valence-electron chi connectivity index (χ4n) is 2.65. The van der Waals surface area contributed by atoms with E-state index in [1.165, 1.54) is 6.07 Å². The van der Waals surface area contributed by atoms with Gasteiger partial charge in [0.2, 0.25) is 0 Å². The number of fused-ring (bicyclic) bond motifs is 1. The maximum Gasteiger partial charge on any atom is 0.356 e. The normalized spacial score (nSPS) is 14.3. The molecule has 1 aromatic carbocycles. The quantitative estimate of drug-likeness (QED) is 0.789. The summed E-state index contributed by atoms with van der Waals surface area (Å²) in [6.07, 6.45) is 2.02. The second-order valence-electron chi connectivity index (χ2n) is 5.57. The van der Waals surface area contributed by atoms with Crippen molar-refractivity contribution in [1.82, 2.24) is 14.5 Å². The van der Waals surface area contributed by atoms with Gasteiger partial charge in [-0.05, 0) is 37.1 Å². The molecule has 0 unspecified atom stereocenters. The molecule has 0 spiro atoms. The fourth-order valence-corrected chi connectivity index (χ4v) is 2.65. The molecule has 7 heteroatoms. The number of nitrogens with zero attached hydrogens (tertiary/aromatic N) is 3. The third-order valence-corrected chi connectivity index (χ3v) is 3.95. The van der Waals surface area contributed by atoms with Gasteiger partial charge in [0.15, 0.2) is 5.65 Å². The maximum absolute atomic E-state index is 14.1. The van der Waals surface area contributed by atoms with Crippen LogP contribution in [0.25, 0.3) is 16.7 Å². The highest BCUT2D eigenvalue weighted by Gasteiger charge is 2.26. The molecule has 3 aromatic rings. The van der Waals surface area contributed by atoms with Gasteiger partial charge in [-0.15, -0.1) is 0 Å². The third kappa shape index (κ3) is 2.16. The van der Waals surface area contributed by atoms with Crippen molar-refractivity contribution in [3.05, 3.63) is 58.1 Å². The Labute approximate surface area is 129 Å². The van der Waals surface area contributed by atoms with Gasteiger partial charge in [0.05, 0.1) is 5.39 Å². The molecule has 1 aliphatic carbocycles. The lowest BCUT2D eigenvalue weighted by Crippen LogP contribution is -2.25. The van der Waals surface area contributed by atoms with Crippen molar-refractivity contribution in [2.45, 2.75) is 18.8 Å². The van der Waals surface area contributed by atoms with E-state index in [2.05, 4.69) is 9.97 Å². The molecule has 5 nitrogen and oxygen atoms in total. The van der Waals surface area contributed by atoms with Gasteiger partial charge in [-0.25, -0.2) is 23.1 Å². The number of aromatic nitrogens is 3. The average Bonchev–Trinajstić information content (AvgIpc) is 3.34. The molecule has 2 N–H and O–H groups in total. The number of halogens is 2. The van der Waals surface area contributed by atoms with Crippen molar-refractivity contribution in [2.24, 2.45) is 0 Å². The molecule has 0 amide bonds. The standard InChI is InChI=1S/C16H12F2N4O/c17-10-2-1-3-11(18)13(10)22-15-9(14(19)21-16(22)23)6-7-12(20-15)8-4-5-8/h1-3,6-8H,4-5H2,(H2,19,21,23). The van der Waals surface area contributed by atoms with Gasteiger partial charge in [-0.1, -0.05) is 6.07 Å². The molecular weight excluding hydrogens is 302 g/mol. The number of anilines is 1. The molecule has 116 valence electrons. The minimum atomic E-state index is -0.862. The molecule has 1 aliphatic rings. The van der Waals surface area contributed by atoms with Crippen molar-refractivity contribution < 1.29 is 8.78 Å². The molecular formula is C16H12F2N4O. The van der Waals surface area contributed by atoms with Crippen molar-refractivity contribution in [3.63, 3.8) is 0 Å². The Bertz CT molecular complexity index is 975. The fraction of sp³-hybridized carbons (Fsp3) is 0.188. The van der Waals surface area contributed by atoms with Crippen LogP contribution in [0.4, 0.5) is 14.6 Å². The highest BCUT2D eigenvalue weighted by molar-refractivity contribution is 5.86. The van der Waals surface area contributed by atoms with Crippen LogP contribution in [0.1, 0.15) is 24.5 Å². The van der Waals surface area contributed by atoms with Gasteiger partial charge >= 0.3 is 5.69 Å². The number of pyridine rings is 1. The summed E-state index contributed by atoms with van der Waals surface area (Å²) in [7, 11) is 0. The second-order valence-corrected chi connectivity index (χ2v) is 5.57. The Balaban J connectivity index is 2.13. The first-order chi connectivity index (χ1) is 11.1. The van der Waals surface area contributed by atoms with Crippen LogP contribution in [0.5, 0.6) is 0 Å². The van der Waals surface area contributed by atoms with Gasteiger partial charge in [-0.3, -0.25) is 0 Å². The summed E-state index contributed by atoms with van der Waals surface area (Å²) < 4.78 is 29.1. The number of hydrogen-bond acceptors (Lipinski definition) is 4. The minimum Gasteiger partial charge on any atom is -0.383 e. The minimum absolute atomic E-state index is 0.00663. The van der Waals surface area contributed by atoms with Crippen molar-refractivity contribution in [2.75, 3.05) is 5.73 Å². The lowest BCUT2D eigenvalue weighted by Gasteiger charge is -2.12. The zero-order valence-electron chi connectivity index (χ0n) is 12.0. The number of rotatable bonds is 2. The summed E-state index contributed by atoms with van der Waals surface area (Å²) in [5.74, 6) is -1.41. The van der Waals surface area contributed by atoms with Crippen LogP contribution in [0.15, 0.2) is 35.1 Å². The van der Waals surface area contributed by atoms with Crippen LogP contribution < -0.4 is 11.4 Å². The van der Waals surface area contributed by atoms with Crippen LogP contribution in [-0.4, -0.2) is 14.5 Å². The monoisotopic (exact) mass is 314 g/mol.